The van der Waals surface area contributed by atoms with Crippen LogP contribution < -0.4 is 48.5 Å². The molecule has 0 amide bonds. The van der Waals surface area contributed by atoms with Crippen LogP contribution in [0.5, 0.6) is 23.0 Å². The molecule has 20 heteroatoms. The van der Waals surface area contributed by atoms with E-state index in [2.05, 4.69) is 18.9 Å². The number of aliphatic hydroxyl groups excluding tert-OH is 1. The van der Waals surface area contributed by atoms with Crippen LogP contribution in [0, 0.1) is 0 Å². The zero-order valence-electron chi connectivity index (χ0n) is 42.8. The summed E-state index contributed by atoms with van der Waals surface area (Å²) in [4.78, 5) is 61.2. The van der Waals surface area contributed by atoms with Gasteiger partial charge in [-0.2, -0.15) is 0 Å². The van der Waals surface area contributed by atoms with Gasteiger partial charge in [0, 0.05) is 65.3 Å². The average molecular weight is 1030 g/mol. The molecule has 2 aromatic heterocycles. The summed E-state index contributed by atoms with van der Waals surface area (Å²) in [5, 5.41) is 29.9. The van der Waals surface area contributed by atoms with Crippen LogP contribution in [0.15, 0.2) is 84.9 Å². The van der Waals surface area contributed by atoms with Crippen molar-refractivity contribution >= 4 is 59.5 Å². The summed E-state index contributed by atoms with van der Waals surface area (Å²) in [7, 11) is 0. The molecule has 2 saturated carbocycles. The van der Waals surface area contributed by atoms with Crippen molar-refractivity contribution in [2.45, 2.75) is 134 Å². The number of carboxylic acids is 2. The maximum Gasteiger partial charge on any atom is 1.00 e. The molecule has 4 heterocycles. The molecule has 74 heavy (non-hydrogen) atoms. The van der Waals surface area contributed by atoms with E-state index in [-0.39, 0.29) is 111 Å². The Kier molecular flexibility index (Phi) is 14.7. The second-order valence-corrected chi connectivity index (χ2v) is 21.1. The minimum absolute atomic E-state index is 0. The zero-order chi connectivity index (χ0) is 52.1. The van der Waals surface area contributed by atoms with Gasteiger partial charge in [0.1, 0.15) is 11.6 Å². The van der Waals surface area contributed by atoms with E-state index in [4.69, 9.17) is 5.11 Å². The van der Waals surface area contributed by atoms with Crippen LogP contribution in [0.4, 0.5) is 17.6 Å². The van der Waals surface area contributed by atoms with Crippen LogP contribution in [-0.4, -0.2) is 80.8 Å². The van der Waals surface area contributed by atoms with Crippen molar-refractivity contribution in [2.75, 3.05) is 0 Å². The Morgan fingerprint density at radius 1 is 0.595 bits per heavy atom. The van der Waals surface area contributed by atoms with Gasteiger partial charge in [-0.05, 0) is 109 Å². The predicted molar refractivity (Wildman–Crippen MR) is 259 cm³/mol. The number of aliphatic hydroxyl groups is 1. The normalized spacial score (nSPS) is 17.3. The smallest absolute Gasteiger partial charge is 1.00 e. The van der Waals surface area contributed by atoms with Crippen LogP contribution >= 0.6 is 0 Å². The summed E-state index contributed by atoms with van der Waals surface area (Å²) in [5.41, 5.74) is 3.86. The van der Waals surface area contributed by atoms with Crippen LogP contribution in [0.2, 0.25) is 0 Å². The van der Waals surface area contributed by atoms with E-state index < -0.39 is 47.2 Å². The van der Waals surface area contributed by atoms with Crippen LogP contribution in [0.1, 0.15) is 102 Å². The molecular weight excluding hydrogens is 978 g/mol. The number of carbonyl (C=O) groups excluding carboxylic acids is 3. The molecule has 1 unspecified atom stereocenters. The minimum Gasteiger partial charge on any atom is -1.00 e. The molecule has 0 bridgehead atoms. The number of carboxylic acid groups (broad SMARTS) is 2. The molecule has 383 valence electrons. The van der Waals surface area contributed by atoms with Gasteiger partial charge in [-0.3, -0.25) is 14.4 Å². The fourth-order valence-corrected chi connectivity index (χ4v) is 9.84. The first kappa shape index (κ1) is 55.6. The third-order valence-electron chi connectivity index (χ3n) is 13.9. The molecule has 14 nitrogen and oxygen atoms in total. The number of alkyl halides is 4. The van der Waals surface area contributed by atoms with Crippen molar-refractivity contribution in [2.24, 2.45) is 0 Å². The SMILES string of the molecule is CC(C)(C)c1cc2cc(CC(=O)C3(c4ccc5c(c4)OC(F)(F)O5)CC3)ccc2n1CC(=O)C(=O)O.CC(C)(C)c1cc2cc(CC(=O)C3(c4ccc5c(c4)OC(F)(F)O5)CC3)ccc2n1CC(O)C(=O)O.[B].[H-].[Na+]. The van der Waals surface area contributed by atoms with Gasteiger partial charge in [0.15, 0.2) is 29.1 Å². The first-order chi connectivity index (χ1) is 33.6. The number of hydrogen-bond acceptors (Lipinski definition) is 10. The Labute approximate surface area is 448 Å². The molecule has 0 spiro atoms. The molecular formula is C54H53BF4N2NaO12. The number of fused-ring (bicyclic) bond motifs is 4. The summed E-state index contributed by atoms with van der Waals surface area (Å²) < 4.78 is 75.2. The molecule has 4 aromatic carbocycles. The molecule has 0 saturated heterocycles. The van der Waals surface area contributed by atoms with Crippen LogP contribution in [-0.2, 0) is 71.6 Å². The largest absolute Gasteiger partial charge is 1.00 e. The van der Waals surface area contributed by atoms with E-state index in [1.165, 1.54) is 24.3 Å². The summed E-state index contributed by atoms with van der Waals surface area (Å²) in [6.45, 7) is 11.6. The van der Waals surface area contributed by atoms with Crippen molar-refractivity contribution in [3.05, 3.63) is 119 Å². The number of aromatic nitrogens is 2. The van der Waals surface area contributed by atoms with Gasteiger partial charge in [0.05, 0.1) is 23.9 Å². The van der Waals surface area contributed by atoms with Crippen LogP contribution in [0.25, 0.3) is 21.8 Å². The van der Waals surface area contributed by atoms with E-state index in [1.807, 2.05) is 82.5 Å². The zero-order valence-corrected chi connectivity index (χ0v) is 43.8. The number of Topliss-reactive ketones (excluding diaryl/α,β-unsaturated/α-hetero) is 3. The number of benzene rings is 4. The molecule has 2 aliphatic heterocycles. The molecule has 3 radical (unpaired) electrons. The number of nitrogens with zero attached hydrogens (tertiary/aromatic N) is 2. The first-order valence-corrected chi connectivity index (χ1v) is 23.4. The maximum absolute atomic E-state index is 13.4. The average Bonchev–Trinajstić information content (AvgIpc) is 4.14. The summed E-state index contributed by atoms with van der Waals surface area (Å²) >= 11 is 0. The molecule has 3 N–H and O–H groups in total. The fraction of sp³-hybridized carbons (Fsp3) is 0.389. The monoisotopic (exact) mass is 1030 g/mol. The number of halogens is 4. The van der Waals surface area contributed by atoms with Gasteiger partial charge in [-0.25, -0.2) is 9.59 Å². The van der Waals surface area contributed by atoms with Crippen molar-refractivity contribution in [1.82, 2.24) is 9.13 Å². The summed E-state index contributed by atoms with van der Waals surface area (Å²) in [6, 6.07) is 23.9. The predicted octanol–water partition coefficient (Wildman–Crippen LogP) is 6.04. The standard InChI is InChI=1S/C27H27F2NO6.C27H25F2NO6.B.Na.H/c2*1-25(2,3)22-12-16-10-15(4-6-18(16)30(22)14-19(31)24(33)34)11-23(32)26(8-9-26)17-5-7-20-21(13-17)36-27(28,29)35-20;;;/h4-7,10,12-13,19,31H,8-9,11,14H2,1-3H3,(H,33,34);4-7,10,12-13H,8-9,11,14H2,1-3H3,(H,33,34);;;/q;;;+1;-1. The Bertz CT molecular complexity index is 3260. The van der Waals surface area contributed by atoms with Gasteiger partial charge >= 0.3 is 54.1 Å². The van der Waals surface area contributed by atoms with Gasteiger partial charge in [-0.1, -0.05) is 65.8 Å². The minimum atomic E-state index is -3.71. The van der Waals surface area contributed by atoms with E-state index in [1.54, 1.807) is 28.8 Å². The summed E-state index contributed by atoms with van der Waals surface area (Å²) in [6.07, 6.45) is -6.17. The first-order valence-electron chi connectivity index (χ1n) is 23.4. The Morgan fingerprint density at radius 2 is 0.986 bits per heavy atom. The van der Waals surface area contributed by atoms with Gasteiger partial charge in [0.25, 0.3) is 5.78 Å². The number of hydrogen-bond donors (Lipinski definition) is 3. The quantitative estimate of drug-likeness (QED) is 0.0652. The molecule has 6 aromatic rings. The number of rotatable bonds is 14. The van der Waals surface area contributed by atoms with E-state index in [9.17, 15) is 51.7 Å². The van der Waals surface area contributed by atoms with Gasteiger partial charge in [-0.15, -0.1) is 17.6 Å². The second kappa shape index (κ2) is 19.5. The Balaban J connectivity index is 0.000000234. The van der Waals surface area contributed by atoms with Crippen LogP contribution in [0.3, 0.4) is 0 Å². The third kappa shape index (κ3) is 10.8. The molecule has 4 aliphatic rings. The van der Waals surface area contributed by atoms with E-state index >= 15 is 0 Å². The van der Waals surface area contributed by atoms with Crippen molar-refractivity contribution < 1.29 is 107 Å². The second-order valence-electron chi connectivity index (χ2n) is 21.1. The number of carbonyl (C=O) groups is 5. The number of ketones is 3. The Hall–Kier alpha value is -6.15. The van der Waals surface area contributed by atoms with Crippen molar-refractivity contribution in [3.8, 4) is 23.0 Å². The van der Waals surface area contributed by atoms with E-state index in [0.717, 1.165) is 38.8 Å². The van der Waals surface area contributed by atoms with E-state index in [0.29, 0.717) is 42.3 Å². The van der Waals surface area contributed by atoms with Crippen molar-refractivity contribution in [1.29, 1.82) is 0 Å². The topological polar surface area (TPSA) is 193 Å². The number of aliphatic carboxylic acids is 2. The summed E-state index contributed by atoms with van der Waals surface area (Å²) in [5.74, 6) is -3.98. The van der Waals surface area contributed by atoms with Gasteiger partial charge in [0.2, 0.25) is 0 Å². The molecule has 10 rings (SSSR count). The maximum atomic E-state index is 13.4. The van der Waals surface area contributed by atoms with Gasteiger partial charge < -0.3 is 44.8 Å². The third-order valence-corrected chi connectivity index (χ3v) is 13.9. The van der Waals surface area contributed by atoms with Crippen molar-refractivity contribution in [3.63, 3.8) is 0 Å². The molecule has 2 aliphatic carbocycles. The Morgan fingerprint density at radius 3 is 1.36 bits per heavy atom. The molecule has 1 atom stereocenters. The fourth-order valence-electron chi connectivity index (χ4n) is 9.84. The number of ether oxygens (including phenoxy) is 4. The molecule has 2 fully saturated rings.